The molecule has 1 unspecified atom stereocenters. The van der Waals surface area contributed by atoms with E-state index in [1.165, 1.54) is 5.56 Å². The SMILES string of the molecule is CC(=O)N1CCCC2(CN(Cc3ccsc3)CCO2)C1. The molecule has 4 nitrogen and oxygen atoms in total. The summed E-state index contributed by atoms with van der Waals surface area (Å²) < 4.78 is 6.10. The molecule has 1 amide bonds. The molecule has 2 fully saturated rings. The third-order valence-corrected chi connectivity index (χ3v) is 5.03. The Balaban J connectivity index is 1.65. The summed E-state index contributed by atoms with van der Waals surface area (Å²) in [4.78, 5) is 16.0. The maximum atomic E-state index is 11.6. The van der Waals surface area contributed by atoms with E-state index in [-0.39, 0.29) is 11.5 Å². The predicted octanol–water partition coefficient (Wildman–Crippen LogP) is 1.96. The Morgan fingerprint density at radius 1 is 1.45 bits per heavy atom. The standard InChI is InChI=1S/C15H22N2O2S/c1-13(18)17-5-2-4-15(12-17)11-16(6-7-19-15)9-14-3-8-20-10-14/h3,8,10H,2,4-7,9,11-12H2,1H3. The molecule has 2 saturated heterocycles. The number of piperidine rings is 1. The molecule has 0 bridgehead atoms. The Kier molecular flexibility index (Phi) is 4.10. The van der Waals surface area contributed by atoms with E-state index < -0.39 is 0 Å². The van der Waals surface area contributed by atoms with Crippen molar-refractivity contribution < 1.29 is 9.53 Å². The Labute approximate surface area is 124 Å². The van der Waals surface area contributed by atoms with Crippen molar-refractivity contribution in [2.45, 2.75) is 31.9 Å². The zero-order chi connectivity index (χ0) is 14.0. The lowest BCUT2D eigenvalue weighted by atomic mass is 9.90. The number of amides is 1. The molecule has 1 aromatic rings. The molecule has 1 aromatic heterocycles. The van der Waals surface area contributed by atoms with Gasteiger partial charge in [0.05, 0.1) is 18.8 Å². The van der Waals surface area contributed by atoms with Crippen LogP contribution in [0.4, 0.5) is 0 Å². The van der Waals surface area contributed by atoms with Crippen LogP contribution in [0.2, 0.25) is 0 Å². The fourth-order valence-corrected chi connectivity index (χ4v) is 3.97. The van der Waals surface area contributed by atoms with Crippen LogP contribution in [0.3, 0.4) is 0 Å². The minimum absolute atomic E-state index is 0.141. The third-order valence-electron chi connectivity index (χ3n) is 4.30. The van der Waals surface area contributed by atoms with Crippen molar-refractivity contribution in [3.05, 3.63) is 22.4 Å². The fourth-order valence-electron chi connectivity index (χ4n) is 3.31. The first kappa shape index (κ1) is 14.0. The molecule has 2 aliphatic rings. The highest BCUT2D eigenvalue weighted by Crippen LogP contribution is 2.29. The van der Waals surface area contributed by atoms with Gasteiger partial charge in [0.2, 0.25) is 5.91 Å². The van der Waals surface area contributed by atoms with Crippen molar-refractivity contribution in [1.29, 1.82) is 0 Å². The first-order valence-corrected chi connectivity index (χ1v) is 8.24. The summed E-state index contributed by atoms with van der Waals surface area (Å²) in [5.41, 5.74) is 1.24. The average Bonchev–Trinajstić information content (AvgIpc) is 2.92. The van der Waals surface area contributed by atoms with Crippen molar-refractivity contribution in [1.82, 2.24) is 9.80 Å². The van der Waals surface area contributed by atoms with E-state index in [9.17, 15) is 4.79 Å². The van der Waals surface area contributed by atoms with Gasteiger partial charge in [0.15, 0.2) is 0 Å². The van der Waals surface area contributed by atoms with Gasteiger partial charge in [-0.1, -0.05) is 0 Å². The van der Waals surface area contributed by atoms with Gasteiger partial charge in [-0.15, -0.1) is 0 Å². The van der Waals surface area contributed by atoms with Gasteiger partial charge in [0, 0.05) is 33.1 Å². The second-order valence-corrected chi connectivity index (χ2v) is 6.70. The first-order chi connectivity index (χ1) is 9.67. The Morgan fingerprint density at radius 2 is 2.35 bits per heavy atom. The van der Waals surface area contributed by atoms with Crippen LogP contribution in [0.25, 0.3) is 0 Å². The molecular formula is C15H22N2O2S. The fraction of sp³-hybridized carbons (Fsp3) is 0.667. The molecule has 1 atom stereocenters. The van der Waals surface area contributed by atoms with Crippen molar-refractivity contribution >= 4 is 17.2 Å². The maximum absolute atomic E-state index is 11.6. The van der Waals surface area contributed by atoms with Crippen LogP contribution in [0.5, 0.6) is 0 Å². The minimum Gasteiger partial charge on any atom is -0.370 e. The number of likely N-dealkylation sites (tertiary alicyclic amines) is 1. The molecule has 0 radical (unpaired) electrons. The molecule has 0 saturated carbocycles. The van der Waals surface area contributed by atoms with Gasteiger partial charge in [-0.2, -0.15) is 11.3 Å². The van der Waals surface area contributed by atoms with Crippen LogP contribution in [-0.2, 0) is 16.1 Å². The summed E-state index contributed by atoms with van der Waals surface area (Å²) in [5, 5.41) is 4.34. The highest BCUT2D eigenvalue weighted by molar-refractivity contribution is 7.07. The zero-order valence-corrected chi connectivity index (χ0v) is 12.8. The number of carbonyl (C=O) groups is 1. The maximum Gasteiger partial charge on any atom is 0.219 e. The Bertz CT molecular complexity index is 458. The summed E-state index contributed by atoms with van der Waals surface area (Å²) in [6, 6.07) is 2.19. The molecule has 5 heteroatoms. The van der Waals surface area contributed by atoms with Crippen LogP contribution < -0.4 is 0 Å². The number of hydrogen-bond acceptors (Lipinski definition) is 4. The molecule has 110 valence electrons. The van der Waals surface area contributed by atoms with Crippen molar-refractivity contribution in [3.63, 3.8) is 0 Å². The second-order valence-electron chi connectivity index (χ2n) is 5.92. The predicted molar refractivity (Wildman–Crippen MR) is 79.8 cm³/mol. The molecule has 0 aliphatic carbocycles. The molecule has 0 N–H and O–H groups in total. The van der Waals surface area contributed by atoms with Crippen LogP contribution >= 0.6 is 11.3 Å². The van der Waals surface area contributed by atoms with E-state index in [0.717, 1.165) is 52.2 Å². The van der Waals surface area contributed by atoms with E-state index in [0.29, 0.717) is 0 Å². The second kappa shape index (κ2) is 5.84. The number of thiophene rings is 1. The first-order valence-electron chi connectivity index (χ1n) is 7.30. The monoisotopic (exact) mass is 294 g/mol. The molecule has 3 rings (SSSR count). The van der Waals surface area contributed by atoms with Crippen LogP contribution in [-0.4, -0.2) is 54.1 Å². The van der Waals surface area contributed by atoms with Gasteiger partial charge >= 0.3 is 0 Å². The Hall–Kier alpha value is -0.910. The lowest BCUT2D eigenvalue weighted by Gasteiger charge is -2.48. The van der Waals surface area contributed by atoms with E-state index in [1.54, 1.807) is 18.3 Å². The number of ether oxygens (including phenoxy) is 1. The van der Waals surface area contributed by atoms with Gasteiger partial charge in [0.25, 0.3) is 0 Å². The van der Waals surface area contributed by atoms with Crippen LogP contribution in [0.1, 0.15) is 25.3 Å². The quantitative estimate of drug-likeness (QED) is 0.836. The number of hydrogen-bond donors (Lipinski definition) is 0. The van der Waals surface area contributed by atoms with Gasteiger partial charge in [0.1, 0.15) is 0 Å². The average molecular weight is 294 g/mol. The van der Waals surface area contributed by atoms with Gasteiger partial charge in [-0.05, 0) is 35.2 Å². The number of morpholine rings is 1. The summed E-state index contributed by atoms with van der Waals surface area (Å²) in [6.45, 7) is 6.98. The highest BCUT2D eigenvalue weighted by atomic mass is 32.1. The highest BCUT2D eigenvalue weighted by Gasteiger charge is 2.41. The van der Waals surface area contributed by atoms with E-state index in [4.69, 9.17) is 4.74 Å². The summed E-state index contributed by atoms with van der Waals surface area (Å²) in [5.74, 6) is 0.169. The van der Waals surface area contributed by atoms with Crippen molar-refractivity contribution in [3.8, 4) is 0 Å². The van der Waals surface area contributed by atoms with E-state index in [2.05, 4.69) is 21.7 Å². The third kappa shape index (κ3) is 3.05. The van der Waals surface area contributed by atoms with Crippen LogP contribution in [0.15, 0.2) is 16.8 Å². The van der Waals surface area contributed by atoms with Crippen molar-refractivity contribution in [2.75, 3.05) is 32.8 Å². The van der Waals surface area contributed by atoms with E-state index >= 15 is 0 Å². The summed E-state index contributed by atoms with van der Waals surface area (Å²) in [6.07, 6.45) is 2.11. The number of carbonyl (C=O) groups excluding carboxylic acids is 1. The zero-order valence-electron chi connectivity index (χ0n) is 12.0. The minimum atomic E-state index is -0.141. The summed E-state index contributed by atoms with van der Waals surface area (Å²) in [7, 11) is 0. The van der Waals surface area contributed by atoms with Crippen LogP contribution in [0, 0.1) is 0 Å². The normalized spacial score (nSPS) is 27.9. The molecule has 20 heavy (non-hydrogen) atoms. The molecular weight excluding hydrogens is 272 g/mol. The van der Waals surface area contributed by atoms with E-state index in [1.807, 2.05) is 4.90 Å². The van der Waals surface area contributed by atoms with Gasteiger partial charge < -0.3 is 9.64 Å². The molecule has 2 aliphatic heterocycles. The lowest BCUT2D eigenvalue weighted by Crippen LogP contribution is -2.60. The lowest BCUT2D eigenvalue weighted by molar-refractivity contribution is -0.156. The summed E-state index contributed by atoms with van der Waals surface area (Å²) >= 11 is 1.75. The smallest absolute Gasteiger partial charge is 0.219 e. The van der Waals surface area contributed by atoms with Crippen molar-refractivity contribution in [2.24, 2.45) is 0 Å². The number of nitrogens with zero attached hydrogens (tertiary/aromatic N) is 2. The van der Waals surface area contributed by atoms with Gasteiger partial charge in [-0.3, -0.25) is 9.69 Å². The number of rotatable bonds is 2. The van der Waals surface area contributed by atoms with Gasteiger partial charge in [-0.25, -0.2) is 0 Å². The molecule has 0 aromatic carbocycles. The molecule has 3 heterocycles. The topological polar surface area (TPSA) is 32.8 Å². The molecule has 1 spiro atoms. The largest absolute Gasteiger partial charge is 0.370 e. The Morgan fingerprint density at radius 3 is 3.10 bits per heavy atom.